The lowest BCUT2D eigenvalue weighted by Gasteiger charge is -2.52. The molecule has 90 valence electrons. The van der Waals surface area contributed by atoms with E-state index in [2.05, 4.69) is 37.8 Å². The molecular weight excluding hydrogens is 208 g/mol. The lowest BCUT2D eigenvalue weighted by atomic mass is 9.63. The van der Waals surface area contributed by atoms with Crippen molar-refractivity contribution in [2.24, 2.45) is 0 Å². The lowest BCUT2D eigenvalue weighted by Crippen LogP contribution is -2.52. The number of rotatable bonds is 2. The maximum absolute atomic E-state index is 6.09. The van der Waals surface area contributed by atoms with E-state index >= 15 is 0 Å². The second kappa shape index (κ2) is 3.71. The van der Waals surface area contributed by atoms with Crippen LogP contribution in [0.15, 0.2) is 36.9 Å². The molecule has 1 aromatic rings. The summed E-state index contributed by atoms with van der Waals surface area (Å²) in [7, 11) is 0. The number of ether oxygens (including phenoxy) is 1. The van der Waals surface area contributed by atoms with E-state index in [4.69, 9.17) is 4.74 Å². The number of fused-ring (bicyclic) bond motifs is 3. The average molecular weight is 228 g/mol. The minimum atomic E-state index is -0.00836. The molecule has 1 nitrogen and oxygen atoms in total. The van der Waals surface area contributed by atoms with Crippen molar-refractivity contribution in [1.82, 2.24) is 0 Å². The van der Waals surface area contributed by atoms with Gasteiger partial charge in [0.1, 0.15) is 0 Å². The van der Waals surface area contributed by atoms with E-state index in [-0.39, 0.29) is 11.0 Å². The van der Waals surface area contributed by atoms with Gasteiger partial charge in [-0.15, -0.1) is 6.58 Å². The van der Waals surface area contributed by atoms with Crippen molar-refractivity contribution in [3.05, 3.63) is 48.0 Å². The molecule has 0 aromatic heterocycles. The molecule has 1 aliphatic carbocycles. The van der Waals surface area contributed by atoms with Crippen molar-refractivity contribution in [3.8, 4) is 0 Å². The summed E-state index contributed by atoms with van der Waals surface area (Å²) in [6.07, 6.45) is 6.76. The van der Waals surface area contributed by atoms with Crippen LogP contribution in [0, 0.1) is 6.92 Å². The molecule has 0 spiro atoms. The van der Waals surface area contributed by atoms with Crippen LogP contribution in [0.3, 0.4) is 0 Å². The van der Waals surface area contributed by atoms with Crippen molar-refractivity contribution < 1.29 is 4.74 Å². The normalized spacial score (nSPS) is 35.8. The van der Waals surface area contributed by atoms with E-state index in [9.17, 15) is 0 Å². The number of hydrogen-bond acceptors (Lipinski definition) is 1. The third-order valence-corrected chi connectivity index (χ3v) is 4.69. The Hall–Kier alpha value is -1.08. The highest BCUT2D eigenvalue weighted by Gasteiger charge is 2.48. The summed E-state index contributed by atoms with van der Waals surface area (Å²) in [6, 6.07) is 8.93. The van der Waals surface area contributed by atoms with Crippen LogP contribution in [0.5, 0.6) is 0 Å². The quantitative estimate of drug-likeness (QED) is 0.700. The number of benzene rings is 1. The number of aryl methyl sites for hydroxylation is 1. The van der Waals surface area contributed by atoms with Gasteiger partial charge in [0.15, 0.2) is 0 Å². The first-order chi connectivity index (χ1) is 8.18. The maximum atomic E-state index is 6.09. The minimum absolute atomic E-state index is 0.00836. The molecular formula is C16H20O. The summed E-state index contributed by atoms with van der Waals surface area (Å²) in [4.78, 5) is 0. The van der Waals surface area contributed by atoms with E-state index in [1.807, 2.05) is 6.08 Å². The van der Waals surface area contributed by atoms with Crippen LogP contribution in [0.4, 0.5) is 0 Å². The third kappa shape index (κ3) is 1.64. The first-order valence-corrected chi connectivity index (χ1v) is 6.53. The summed E-state index contributed by atoms with van der Waals surface area (Å²) < 4.78 is 6.09. The highest BCUT2D eigenvalue weighted by molar-refractivity contribution is 5.32. The molecule has 3 aliphatic rings. The molecule has 0 N–H and O–H groups in total. The van der Waals surface area contributed by atoms with Crippen molar-refractivity contribution in [2.75, 3.05) is 6.61 Å². The molecule has 0 unspecified atom stereocenters. The van der Waals surface area contributed by atoms with Crippen LogP contribution in [-0.2, 0) is 10.2 Å². The van der Waals surface area contributed by atoms with E-state index in [0.29, 0.717) is 0 Å². The molecule has 1 aromatic carbocycles. The van der Waals surface area contributed by atoms with Crippen LogP contribution in [0.1, 0.15) is 36.8 Å². The topological polar surface area (TPSA) is 9.23 Å². The zero-order valence-electron chi connectivity index (χ0n) is 10.5. The highest BCUT2D eigenvalue weighted by Crippen LogP contribution is 2.50. The summed E-state index contributed by atoms with van der Waals surface area (Å²) in [6.45, 7) is 6.97. The Morgan fingerprint density at radius 2 is 2.00 bits per heavy atom. The largest absolute Gasteiger partial charge is 0.370 e. The zero-order chi connectivity index (χ0) is 11.9. The van der Waals surface area contributed by atoms with Crippen LogP contribution >= 0.6 is 0 Å². The van der Waals surface area contributed by atoms with Crippen LogP contribution in [-0.4, -0.2) is 12.2 Å². The van der Waals surface area contributed by atoms with Gasteiger partial charge in [0, 0.05) is 5.41 Å². The van der Waals surface area contributed by atoms with Crippen molar-refractivity contribution in [2.45, 2.75) is 43.6 Å². The van der Waals surface area contributed by atoms with Gasteiger partial charge in [0.2, 0.25) is 0 Å². The Kier molecular flexibility index (Phi) is 2.41. The fraction of sp³-hybridized carbons (Fsp3) is 0.500. The Balaban J connectivity index is 1.93. The SMILES string of the molecule is C=CC12CCC(c3cccc(C)c3)(CC1)CO2. The van der Waals surface area contributed by atoms with Gasteiger partial charge in [-0.2, -0.15) is 0 Å². The second-order valence-corrected chi connectivity index (χ2v) is 5.71. The molecule has 2 heterocycles. The first-order valence-electron chi connectivity index (χ1n) is 6.53. The Labute approximate surface area is 103 Å². The predicted molar refractivity (Wildman–Crippen MR) is 70.2 cm³/mol. The molecule has 2 bridgehead atoms. The average Bonchev–Trinajstić information content (AvgIpc) is 2.41. The number of hydrogen-bond donors (Lipinski definition) is 0. The van der Waals surface area contributed by atoms with Gasteiger partial charge in [-0.3, -0.25) is 0 Å². The highest BCUT2D eigenvalue weighted by atomic mass is 16.5. The second-order valence-electron chi connectivity index (χ2n) is 5.71. The fourth-order valence-electron chi connectivity index (χ4n) is 3.33. The molecule has 1 saturated carbocycles. The van der Waals surface area contributed by atoms with Gasteiger partial charge >= 0.3 is 0 Å². The summed E-state index contributed by atoms with van der Waals surface area (Å²) in [5, 5.41) is 0. The molecule has 17 heavy (non-hydrogen) atoms. The molecule has 0 amide bonds. The molecule has 0 radical (unpaired) electrons. The Morgan fingerprint density at radius 1 is 1.24 bits per heavy atom. The smallest absolute Gasteiger partial charge is 0.0860 e. The summed E-state index contributed by atoms with van der Waals surface area (Å²) in [5.74, 6) is 0. The van der Waals surface area contributed by atoms with Crippen molar-refractivity contribution in [3.63, 3.8) is 0 Å². The summed E-state index contributed by atoms with van der Waals surface area (Å²) in [5.41, 5.74) is 3.08. The zero-order valence-corrected chi connectivity index (χ0v) is 10.5. The van der Waals surface area contributed by atoms with Crippen LogP contribution < -0.4 is 0 Å². The molecule has 0 atom stereocenters. The van der Waals surface area contributed by atoms with Crippen LogP contribution in [0.25, 0.3) is 0 Å². The van der Waals surface area contributed by atoms with Crippen LogP contribution in [0.2, 0.25) is 0 Å². The maximum Gasteiger partial charge on any atom is 0.0860 e. The Bertz CT molecular complexity index is 422. The Morgan fingerprint density at radius 3 is 2.53 bits per heavy atom. The van der Waals surface area contributed by atoms with E-state index in [1.54, 1.807) is 0 Å². The van der Waals surface area contributed by atoms with Crippen molar-refractivity contribution >= 4 is 0 Å². The minimum Gasteiger partial charge on any atom is -0.370 e. The van der Waals surface area contributed by atoms with E-state index in [1.165, 1.54) is 24.0 Å². The molecule has 3 fully saturated rings. The standard InChI is InChI=1S/C16H20O/c1-3-16-9-7-15(8-10-16,12-17-16)14-6-4-5-13(2)11-14/h3-6,11H,1,7-10,12H2,2H3. The third-order valence-electron chi connectivity index (χ3n) is 4.69. The molecule has 2 aliphatic heterocycles. The molecule has 1 heteroatoms. The predicted octanol–water partition coefficient (Wildman–Crippen LogP) is 3.76. The van der Waals surface area contributed by atoms with Gasteiger partial charge in [0.25, 0.3) is 0 Å². The van der Waals surface area contributed by atoms with E-state index in [0.717, 1.165) is 19.4 Å². The molecule has 4 rings (SSSR count). The van der Waals surface area contributed by atoms with Gasteiger partial charge in [-0.1, -0.05) is 35.9 Å². The fourth-order valence-corrected chi connectivity index (χ4v) is 3.33. The van der Waals surface area contributed by atoms with Crippen molar-refractivity contribution in [1.29, 1.82) is 0 Å². The summed E-state index contributed by atoms with van der Waals surface area (Å²) >= 11 is 0. The van der Waals surface area contributed by atoms with Gasteiger partial charge in [-0.05, 0) is 38.2 Å². The first kappa shape index (κ1) is 11.0. The van der Waals surface area contributed by atoms with Gasteiger partial charge < -0.3 is 4.74 Å². The van der Waals surface area contributed by atoms with Gasteiger partial charge in [-0.25, -0.2) is 0 Å². The van der Waals surface area contributed by atoms with E-state index < -0.39 is 0 Å². The monoisotopic (exact) mass is 228 g/mol. The molecule has 2 saturated heterocycles. The lowest BCUT2D eigenvalue weighted by molar-refractivity contribution is -0.128. The van der Waals surface area contributed by atoms with Gasteiger partial charge in [0.05, 0.1) is 12.2 Å².